The van der Waals surface area contributed by atoms with E-state index in [4.69, 9.17) is 0 Å². The molecule has 0 unspecified atom stereocenters. The molecule has 1 N–H and O–H groups in total. The van der Waals surface area contributed by atoms with Gasteiger partial charge in [0.2, 0.25) is 0 Å². The van der Waals surface area contributed by atoms with Gasteiger partial charge in [0, 0.05) is 17.3 Å². The summed E-state index contributed by atoms with van der Waals surface area (Å²) in [5.41, 5.74) is 2.10. The third-order valence-electron chi connectivity index (χ3n) is 3.99. The molecule has 4 aromatic rings. The van der Waals surface area contributed by atoms with Gasteiger partial charge in [-0.2, -0.15) is 0 Å². The minimum Gasteiger partial charge on any atom is -0.306 e. The normalized spacial score (nSPS) is 10.8. The second-order valence-corrected chi connectivity index (χ2v) is 5.69. The zero-order valence-corrected chi connectivity index (χ0v) is 13.5. The molecule has 0 saturated carbocycles. The minimum absolute atomic E-state index is 0.0220. The van der Waals surface area contributed by atoms with Crippen LogP contribution in [0.25, 0.3) is 16.9 Å². The van der Waals surface area contributed by atoms with Gasteiger partial charge in [0.1, 0.15) is 17.2 Å². The molecule has 0 aliphatic rings. The first kappa shape index (κ1) is 16.0. The van der Waals surface area contributed by atoms with Crippen molar-refractivity contribution in [2.75, 3.05) is 5.32 Å². The van der Waals surface area contributed by atoms with Crippen LogP contribution in [-0.2, 0) is 0 Å². The Morgan fingerprint density at radius 1 is 0.923 bits per heavy atom. The van der Waals surface area contributed by atoms with E-state index in [1.807, 2.05) is 48.5 Å². The number of halogens is 2. The number of benzene rings is 2. The predicted octanol–water partition coefficient (Wildman–Crippen LogP) is 4.53. The first-order chi connectivity index (χ1) is 12.6. The average molecular weight is 349 g/mol. The molecule has 2 aromatic carbocycles. The average Bonchev–Trinajstić information content (AvgIpc) is 3.03. The van der Waals surface area contributed by atoms with Crippen LogP contribution >= 0.6 is 0 Å². The third kappa shape index (κ3) is 2.82. The lowest BCUT2D eigenvalue weighted by Gasteiger charge is -2.08. The molecule has 0 aliphatic carbocycles. The van der Waals surface area contributed by atoms with Gasteiger partial charge in [-0.3, -0.25) is 9.20 Å². The number of pyridine rings is 1. The van der Waals surface area contributed by atoms with Crippen LogP contribution in [0.1, 0.15) is 10.4 Å². The Bertz CT molecular complexity index is 1110. The van der Waals surface area contributed by atoms with Crippen molar-refractivity contribution >= 4 is 17.4 Å². The smallest absolute Gasteiger partial charge is 0.256 e. The van der Waals surface area contributed by atoms with Crippen molar-refractivity contribution in [3.8, 4) is 11.3 Å². The van der Waals surface area contributed by atoms with E-state index in [2.05, 4.69) is 10.3 Å². The number of carbonyl (C=O) groups is 1. The number of rotatable bonds is 3. The number of hydrogen-bond donors (Lipinski definition) is 1. The Morgan fingerprint density at radius 3 is 2.46 bits per heavy atom. The SMILES string of the molecule is O=C(Nc1c(-c2ccccc2)nc2ccccn12)c1ccc(F)c(F)c1. The first-order valence-corrected chi connectivity index (χ1v) is 7.92. The van der Waals surface area contributed by atoms with Gasteiger partial charge in [-0.1, -0.05) is 36.4 Å². The number of anilines is 1. The highest BCUT2D eigenvalue weighted by Crippen LogP contribution is 2.29. The fourth-order valence-electron chi connectivity index (χ4n) is 2.73. The fraction of sp³-hybridized carbons (Fsp3) is 0. The summed E-state index contributed by atoms with van der Waals surface area (Å²) >= 11 is 0. The minimum atomic E-state index is -1.07. The summed E-state index contributed by atoms with van der Waals surface area (Å²) in [6.07, 6.45) is 1.77. The number of carbonyl (C=O) groups excluding carboxylic acids is 1. The summed E-state index contributed by atoms with van der Waals surface area (Å²) < 4.78 is 28.3. The molecule has 4 nitrogen and oxygen atoms in total. The van der Waals surface area contributed by atoms with Gasteiger partial charge in [-0.25, -0.2) is 13.8 Å². The van der Waals surface area contributed by atoms with E-state index in [9.17, 15) is 13.6 Å². The van der Waals surface area contributed by atoms with E-state index in [1.165, 1.54) is 6.07 Å². The van der Waals surface area contributed by atoms with Crippen LogP contribution in [0.5, 0.6) is 0 Å². The van der Waals surface area contributed by atoms with Crippen molar-refractivity contribution in [2.45, 2.75) is 0 Å². The summed E-state index contributed by atoms with van der Waals surface area (Å²) in [4.78, 5) is 17.1. The second-order valence-electron chi connectivity index (χ2n) is 5.69. The number of nitrogens with zero attached hydrogens (tertiary/aromatic N) is 2. The number of amides is 1. The molecule has 26 heavy (non-hydrogen) atoms. The first-order valence-electron chi connectivity index (χ1n) is 7.92. The van der Waals surface area contributed by atoms with Crippen molar-refractivity contribution in [2.24, 2.45) is 0 Å². The molecule has 0 spiro atoms. The van der Waals surface area contributed by atoms with E-state index in [0.717, 1.165) is 17.7 Å². The van der Waals surface area contributed by atoms with Crippen molar-refractivity contribution in [1.82, 2.24) is 9.38 Å². The Morgan fingerprint density at radius 2 is 1.69 bits per heavy atom. The number of nitrogens with one attached hydrogen (secondary N) is 1. The highest BCUT2D eigenvalue weighted by atomic mass is 19.2. The molecule has 2 aromatic heterocycles. The van der Waals surface area contributed by atoms with Gasteiger partial charge >= 0.3 is 0 Å². The Kier molecular flexibility index (Phi) is 3.93. The molecule has 0 radical (unpaired) electrons. The molecular formula is C20H13F2N3O. The van der Waals surface area contributed by atoms with Gasteiger partial charge in [0.25, 0.3) is 5.91 Å². The molecule has 1 amide bonds. The summed E-state index contributed by atoms with van der Waals surface area (Å²) in [5.74, 6) is -2.16. The molecule has 128 valence electrons. The fourth-order valence-corrected chi connectivity index (χ4v) is 2.73. The maximum Gasteiger partial charge on any atom is 0.256 e. The zero-order valence-electron chi connectivity index (χ0n) is 13.5. The van der Waals surface area contributed by atoms with Crippen LogP contribution in [0.2, 0.25) is 0 Å². The van der Waals surface area contributed by atoms with E-state index in [-0.39, 0.29) is 5.56 Å². The van der Waals surface area contributed by atoms with Crippen LogP contribution in [0.3, 0.4) is 0 Å². The van der Waals surface area contributed by atoms with Crippen LogP contribution in [0.4, 0.5) is 14.6 Å². The molecule has 2 heterocycles. The van der Waals surface area contributed by atoms with E-state index in [0.29, 0.717) is 17.2 Å². The van der Waals surface area contributed by atoms with Crippen molar-refractivity contribution in [1.29, 1.82) is 0 Å². The van der Waals surface area contributed by atoms with Gasteiger partial charge < -0.3 is 5.32 Å². The van der Waals surface area contributed by atoms with Crippen LogP contribution in [0.15, 0.2) is 72.9 Å². The number of hydrogen-bond acceptors (Lipinski definition) is 2. The maximum atomic E-state index is 13.4. The lowest BCUT2D eigenvalue weighted by molar-refractivity contribution is 0.102. The van der Waals surface area contributed by atoms with Crippen molar-refractivity contribution < 1.29 is 13.6 Å². The molecule has 0 saturated heterocycles. The number of imidazole rings is 1. The topological polar surface area (TPSA) is 46.4 Å². The summed E-state index contributed by atoms with van der Waals surface area (Å²) in [6, 6.07) is 17.9. The molecule has 0 atom stereocenters. The predicted molar refractivity (Wildman–Crippen MR) is 94.9 cm³/mol. The zero-order chi connectivity index (χ0) is 18.1. The van der Waals surface area contributed by atoms with Gasteiger partial charge in [-0.05, 0) is 30.3 Å². The molecule has 0 fully saturated rings. The summed E-state index contributed by atoms with van der Waals surface area (Å²) in [5, 5.41) is 2.77. The summed E-state index contributed by atoms with van der Waals surface area (Å²) in [6.45, 7) is 0. The Labute approximate surface area is 147 Å². The molecular weight excluding hydrogens is 336 g/mol. The van der Waals surface area contributed by atoms with Crippen LogP contribution < -0.4 is 5.32 Å². The van der Waals surface area contributed by atoms with Crippen molar-refractivity contribution in [3.05, 3.63) is 90.1 Å². The number of fused-ring (bicyclic) bond motifs is 1. The van der Waals surface area contributed by atoms with E-state index >= 15 is 0 Å². The van der Waals surface area contributed by atoms with Gasteiger partial charge in [0.05, 0.1) is 0 Å². The molecule has 0 bridgehead atoms. The monoisotopic (exact) mass is 349 g/mol. The van der Waals surface area contributed by atoms with E-state index < -0.39 is 17.5 Å². The highest BCUT2D eigenvalue weighted by molar-refractivity contribution is 6.05. The van der Waals surface area contributed by atoms with Crippen molar-refractivity contribution in [3.63, 3.8) is 0 Å². The lowest BCUT2D eigenvalue weighted by atomic mass is 10.1. The van der Waals surface area contributed by atoms with Gasteiger partial charge in [0.15, 0.2) is 11.6 Å². The molecule has 6 heteroatoms. The largest absolute Gasteiger partial charge is 0.306 e. The Hall–Kier alpha value is -3.54. The van der Waals surface area contributed by atoms with Crippen LogP contribution in [0, 0.1) is 11.6 Å². The summed E-state index contributed by atoms with van der Waals surface area (Å²) in [7, 11) is 0. The van der Waals surface area contributed by atoms with E-state index in [1.54, 1.807) is 10.6 Å². The standard InChI is InChI=1S/C20H13F2N3O/c21-15-10-9-14(12-16(15)22)20(26)24-19-18(13-6-2-1-3-7-13)23-17-8-4-5-11-25(17)19/h1-12H,(H,24,26). The maximum absolute atomic E-state index is 13.4. The molecule has 4 rings (SSSR count). The second kappa shape index (κ2) is 6.40. The number of aromatic nitrogens is 2. The molecule has 0 aliphatic heterocycles. The third-order valence-corrected chi connectivity index (χ3v) is 3.99. The Balaban J connectivity index is 1.80. The van der Waals surface area contributed by atoms with Crippen LogP contribution in [-0.4, -0.2) is 15.3 Å². The highest BCUT2D eigenvalue weighted by Gasteiger charge is 2.17. The quantitative estimate of drug-likeness (QED) is 0.591. The lowest BCUT2D eigenvalue weighted by Crippen LogP contribution is -2.14. The van der Waals surface area contributed by atoms with Gasteiger partial charge in [-0.15, -0.1) is 0 Å².